The highest BCUT2D eigenvalue weighted by molar-refractivity contribution is 5.79. The highest BCUT2D eigenvalue weighted by Gasteiger charge is 2.13. The Bertz CT molecular complexity index is 1460. The van der Waals surface area contributed by atoms with Crippen LogP contribution in [-0.2, 0) is 24.2 Å². The number of para-hydroxylation sites is 2. The summed E-state index contributed by atoms with van der Waals surface area (Å²) >= 11 is 0. The van der Waals surface area contributed by atoms with Gasteiger partial charge in [0.2, 0.25) is 5.91 Å². The van der Waals surface area contributed by atoms with E-state index in [4.69, 9.17) is 4.98 Å². The number of aromatic nitrogens is 2. The molecule has 0 saturated heterocycles. The second kappa shape index (κ2) is 11.0. The largest absolute Gasteiger partial charge is 0.356 e. The van der Waals surface area contributed by atoms with Crippen LogP contribution in [0.2, 0.25) is 0 Å². The van der Waals surface area contributed by atoms with Gasteiger partial charge in [-0.05, 0) is 41.3 Å². The monoisotopic (exact) mass is 477 g/mol. The van der Waals surface area contributed by atoms with Crippen molar-refractivity contribution in [1.82, 2.24) is 14.9 Å². The van der Waals surface area contributed by atoms with Crippen LogP contribution in [0.3, 0.4) is 0 Å². The summed E-state index contributed by atoms with van der Waals surface area (Å²) in [6.45, 7) is 0.984. The minimum absolute atomic E-state index is 0.00215. The summed E-state index contributed by atoms with van der Waals surface area (Å²) in [5, 5.41) is 3.02. The van der Waals surface area contributed by atoms with Gasteiger partial charge in [-0.15, -0.1) is 0 Å². The fourth-order valence-electron chi connectivity index (χ4n) is 4.46. The summed E-state index contributed by atoms with van der Waals surface area (Å²) in [6, 6.07) is 33.1. The Labute approximate surface area is 210 Å². The predicted octanol–water partition coefficient (Wildman–Crippen LogP) is 6.18. The molecule has 4 aromatic carbocycles. The highest BCUT2D eigenvalue weighted by atomic mass is 19.1. The van der Waals surface area contributed by atoms with Crippen molar-refractivity contribution < 1.29 is 9.18 Å². The Morgan fingerprint density at radius 2 is 1.50 bits per heavy atom. The van der Waals surface area contributed by atoms with Crippen molar-refractivity contribution in [3.63, 3.8) is 0 Å². The topological polar surface area (TPSA) is 46.9 Å². The third-order valence-electron chi connectivity index (χ3n) is 6.34. The quantitative estimate of drug-likeness (QED) is 0.258. The van der Waals surface area contributed by atoms with E-state index >= 15 is 0 Å². The summed E-state index contributed by atoms with van der Waals surface area (Å²) in [4.78, 5) is 17.3. The lowest BCUT2D eigenvalue weighted by Gasteiger charge is -2.11. The van der Waals surface area contributed by atoms with Crippen LogP contribution in [0, 0.1) is 5.82 Å². The Kier molecular flexibility index (Phi) is 7.17. The molecule has 0 spiro atoms. The van der Waals surface area contributed by atoms with Crippen LogP contribution in [-0.4, -0.2) is 22.0 Å². The van der Waals surface area contributed by atoms with Crippen LogP contribution in [0.5, 0.6) is 0 Å². The molecule has 5 heteroatoms. The average Bonchev–Trinajstić information content (AvgIpc) is 3.26. The normalized spacial score (nSPS) is 11.0. The summed E-state index contributed by atoms with van der Waals surface area (Å²) in [5.41, 5.74) is 5.80. The van der Waals surface area contributed by atoms with Gasteiger partial charge >= 0.3 is 0 Å². The molecule has 1 aromatic heterocycles. The number of benzene rings is 4. The first-order valence-corrected chi connectivity index (χ1v) is 12.3. The van der Waals surface area contributed by atoms with Crippen molar-refractivity contribution in [1.29, 1.82) is 0 Å². The molecule has 0 radical (unpaired) electrons. The number of nitrogens with zero attached hydrogens (tertiary/aromatic N) is 2. The van der Waals surface area contributed by atoms with Gasteiger partial charge in [-0.1, -0.05) is 84.9 Å². The maximum Gasteiger partial charge on any atom is 0.224 e. The molecule has 5 rings (SSSR count). The number of halogens is 1. The van der Waals surface area contributed by atoms with Gasteiger partial charge in [0.15, 0.2) is 0 Å². The average molecular weight is 478 g/mol. The third-order valence-corrected chi connectivity index (χ3v) is 6.34. The highest BCUT2D eigenvalue weighted by Crippen LogP contribution is 2.21. The third kappa shape index (κ3) is 5.52. The maximum absolute atomic E-state index is 14.3. The summed E-state index contributed by atoms with van der Waals surface area (Å²) in [6.07, 6.45) is 1.79. The molecule has 0 fully saturated rings. The first-order valence-electron chi connectivity index (χ1n) is 12.3. The molecule has 180 valence electrons. The second-order valence-corrected chi connectivity index (χ2v) is 8.89. The van der Waals surface area contributed by atoms with Crippen LogP contribution < -0.4 is 5.32 Å². The molecule has 0 bridgehead atoms. The van der Waals surface area contributed by atoms with E-state index in [2.05, 4.69) is 34.1 Å². The van der Waals surface area contributed by atoms with Crippen molar-refractivity contribution in [2.24, 2.45) is 0 Å². The lowest BCUT2D eigenvalue weighted by atomic mass is 10.0. The SMILES string of the molecule is O=C(Cc1ccc(-c2ccccc2)cc1)NCCCc1nc2ccccc2n1Cc1ccccc1F. The van der Waals surface area contributed by atoms with E-state index in [9.17, 15) is 9.18 Å². The molecular formula is C31H28FN3O. The van der Waals surface area contributed by atoms with Gasteiger partial charge in [0.1, 0.15) is 11.6 Å². The molecule has 5 aromatic rings. The number of rotatable bonds is 9. The van der Waals surface area contributed by atoms with E-state index in [1.165, 1.54) is 6.07 Å². The molecule has 1 amide bonds. The minimum atomic E-state index is -0.217. The molecule has 0 saturated carbocycles. The standard InChI is InChI=1S/C31H28FN3O/c32-27-12-5-4-11-26(27)22-35-29-14-7-6-13-28(29)34-30(35)15-8-20-33-31(36)21-23-16-18-25(19-17-23)24-9-2-1-3-10-24/h1-7,9-14,16-19H,8,15,20-22H2,(H,33,36). The lowest BCUT2D eigenvalue weighted by molar-refractivity contribution is -0.120. The van der Waals surface area contributed by atoms with E-state index in [0.29, 0.717) is 31.5 Å². The Morgan fingerprint density at radius 1 is 0.806 bits per heavy atom. The first-order chi connectivity index (χ1) is 17.7. The molecule has 1 N–H and O–H groups in total. The van der Waals surface area contributed by atoms with Crippen LogP contribution in [0.15, 0.2) is 103 Å². The van der Waals surface area contributed by atoms with Gasteiger partial charge in [0.25, 0.3) is 0 Å². The molecule has 1 heterocycles. The van der Waals surface area contributed by atoms with Crippen molar-refractivity contribution in [2.45, 2.75) is 25.8 Å². The number of aryl methyl sites for hydroxylation is 1. The summed E-state index contributed by atoms with van der Waals surface area (Å²) in [7, 11) is 0. The van der Waals surface area contributed by atoms with E-state index in [-0.39, 0.29) is 11.7 Å². The zero-order valence-electron chi connectivity index (χ0n) is 20.0. The van der Waals surface area contributed by atoms with E-state index in [1.807, 2.05) is 60.7 Å². The van der Waals surface area contributed by atoms with Crippen LogP contribution in [0.25, 0.3) is 22.2 Å². The first kappa shape index (κ1) is 23.5. The zero-order valence-corrected chi connectivity index (χ0v) is 20.0. The van der Waals surface area contributed by atoms with E-state index < -0.39 is 0 Å². The number of amides is 1. The zero-order chi connectivity index (χ0) is 24.7. The van der Waals surface area contributed by atoms with Crippen molar-refractivity contribution in [2.75, 3.05) is 6.54 Å². The molecule has 0 aliphatic heterocycles. The Morgan fingerprint density at radius 3 is 2.31 bits per heavy atom. The lowest BCUT2D eigenvalue weighted by Crippen LogP contribution is -2.26. The van der Waals surface area contributed by atoms with Gasteiger partial charge in [-0.2, -0.15) is 0 Å². The minimum Gasteiger partial charge on any atom is -0.356 e. The summed E-state index contributed by atoms with van der Waals surface area (Å²) in [5.74, 6) is 0.679. The number of carbonyl (C=O) groups is 1. The predicted molar refractivity (Wildman–Crippen MR) is 142 cm³/mol. The van der Waals surface area contributed by atoms with Gasteiger partial charge in [0.05, 0.1) is 24.0 Å². The van der Waals surface area contributed by atoms with Crippen LogP contribution >= 0.6 is 0 Å². The maximum atomic E-state index is 14.3. The number of carbonyl (C=O) groups excluding carboxylic acids is 1. The summed E-state index contributed by atoms with van der Waals surface area (Å²) < 4.78 is 16.4. The molecule has 0 aliphatic rings. The second-order valence-electron chi connectivity index (χ2n) is 8.89. The molecule has 0 aliphatic carbocycles. The molecule has 36 heavy (non-hydrogen) atoms. The van der Waals surface area contributed by atoms with Gasteiger partial charge in [0, 0.05) is 18.5 Å². The van der Waals surface area contributed by atoms with Crippen LogP contribution in [0.4, 0.5) is 4.39 Å². The number of nitrogens with one attached hydrogen (secondary N) is 1. The smallest absolute Gasteiger partial charge is 0.224 e. The fourth-order valence-corrected chi connectivity index (χ4v) is 4.46. The molecule has 0 unspecified atom stereocenters. The van der Waals surface area contributed by atoms with E-state index in [1.54, 1.807) is 12.1 Å². The number of imidazole rings is 1. The van der Waals surface area contributed by atoms with Crippen LogP contribution in [0.1, 0.15) is 23.4 Å². The van der Waals surface area contributed by atoms with Gasteiger partial charge in [-0.3, -0.25) is 4.79 Å². The van der Waals surface area contributed by atoms with Crippen molar-refractivity contribution >= 4 is 16.9 Å². The van der Waals surface area contributed by atoms with Crippen molar-refractivity contribution in [3.8, 4) is 11.1 Å². The Balaban J connectivity index is 1.17. The number of fused-ring (bicyclic) bond motifs is 1. The number of hydrogen-bond acceptors (Lipinski definition) is 2. The number of hydrogen-bond donors (Lipinski definition) is 1. The van der Waals surface area contributed by atoms with Gasteiger partial charge in [-0.25, -0.2) is 9.37 Å². The Hall–Kier alpha value is -4.25. The van der Waals surface area contributed by atoms with E-state index in [0.717, 1.165) is 40.0 Å². The van der Waals surface area contributed by atoms with Gasteiger partial charge < -0.3 is 9.88 Å². The molecule has 0 atom stereocenters. The molecular weight excluding hydrogens is 449 g/mol. The molecule has 4 nitrogen and oxygen atoms in total. The van der Waals surface area contributed by atoms with Crippen molar-refractivity contribution in [3.05, 3.63) is 126 Å². The fraction of sp³-hybridized carbons (Fsp3) is 0.161.